The minimum atomic E-state index is -0.532. The molecule has 0 aliphatic rings. The maximum atomic E-state index is 8.31. The van der Waals surface area contributed by atoms with Gasteiger partial charge >= 0.3 is 0 Å². The SMILES string of the molecule is C/C=C\O/C=C\C.CC(O)/C=C/O. The standard InChI is InChI=1S/C6H10O.C4H8O2/c1-3-5-7-6-4-2;1-4(6)2-3-5/h3-6H,1-2H3;2-6H,1H3/b5-3-,6-4-;3-2+. The molecule has 0 fully saturated rings. The summed E-state index contributed by atoms with van der Waals surface area (Å²) in [4.78, 5) is 0. The lowest BCUT2D eigenvalue weighted by atomic mass is 10.4. The van der Waals surface area contributed by atoms with Gasteiger partial charge in [-0.3, -0.25) is 0 Å². The Kier molecular flexibility index (Phi) is 14.7. The number of hydrogen-bond donors (Lipinski definition) is 2. The van der Waals surface area contributed by atoms with Gasteiger partial charge in [0.05, 0.1) is 24.9 Å². The minimum absolute atomic E-state index is 0.532. The molecule has 3 nitrogen and oxygen atoms in total. The lowest BCUT2D eigenvalue weighted by Crippen LogP contribution is -1.90. The van der Waals surface area contributed by atoms with E-state index in [0.717, 1.165) is 6.26 Å². The fourth-order valence-corrected chi connectivity index (χ4v) is 0.327. The quantitative estimate of drug-likeness (QED) is 0.666. The Hall–Kier alpha value is -1.22. The Bertz CT molecular complexity index is 148. The van der Waals surface area contributed by atoms with Crippen molar-refractivity contribution in [3.8, 4) is 0 Å². The van der Waals surface area contributed by atoms with Crippen LogP contribution in [0, 0.1) is 0 Å². The third-order valence-electron chi connectivity index (χ3n) is 0.794. The maximum Gasteiger partial charge on any atom is 0.0858 e. The molecule has 0 aliphatic heterocycles. The molecule has 0 heterocycles. The number of aliphatic hydroxyl groups is 2. The zero-order valence-corrected chi connectivity index (χ0v) is 8.34. The van der Waals surface area contributed by atoms with E-state index in [2.05, 4.69) is 0 Å². The Morgan fingerprint density at radius 1 is 1.15 bits per heavy atom. The fourth-order valence-electron chi connectivity index (χ4n) is 0.327. The molecule has 2 N–H and O–H groups in total. The van der Waals surface area contributed by atoms with Crippen molar-refractivity contribution in [1.29, 1.82) is 0 Å². The highest BCUT2D eigenvalue weighted by Crippen LogP contribution is 1.77. The van der Waals surface area contributed by atoms with E-state index in [1.54, 1.807) is 19.4 Å². The van der Waals surface area contributed by atoms with Crippen LogP contribution in [-0.2, 0) is 4.74 Å². The van der Waals surface area contributed by atoms with Gasteiger partial charge in [0.25, 0.3) is 0 Å². The summed E-state index contributed by atoms with van der Waals surface area (Å²) in [7, 11) is 0. The van der Waals surface area contributed by atoms with Gasteiger partial charge in [-0.05, 0) is 26.8 Å². The summed E-state index contributed by atoms with van der Waals surface area (Å²) in [5, 5.41) is 16.2. The second kappa shape index (κ2) is 13.4. The highest BCUT2D eigenvalue weighted by atomic mass is 16.5. The molecule has 76 valence electrons. The summed E-state index contributed by atoms with van der Waals surface area (Å²) in [5.74, 6) is 0. The van der Waals surface area contributed by atoms with Crippen molar-refractivity contribution in [1.82, 2.24) is 0 Å². The molecule has 0 saturated carbocycles. The molecule has 0 aromatic carbocycles. The van der Waals surface area contributed by atoms with E-state index in [1.165, 1.54) is 6.08 Å². The molecular formula is C10H18O3. The zero-order valence-electron chi connectivity index (χ0n) is 8.34. The smallest absolute Gasteiger partial charge is 0.0858 e. The van der Waals surface area contributed by atoms with E-state index in [9.17, 15) is 0 Å². The zero-order chi connectivity index (χ0) is 10.5. The van der Waals surface area contributed by atoms with E-state index in [0.29, 0.717) is 0 Å². The molecular weight excluding hydrogens is 168 g/mol. The van der Waals surface area contributed by atoms with Gasteiger partial charge in [-0.25, -0.2) is 0 Å². The van der Waals surface area contributed by atoms with Crippen LogP contribution in [0.5, 0.6) is 0 Å². The van der Waals surface area contributed by atoms with Crippen LogP contribution in [0.4, 0.5) is 0 Å². The molecule has 0 saturated heterocycles. The molecule has 0 amide bonds. The van der Waals surface area contributed by atoms with Gasteiger partial charge in [0.1, 0.15) is 0 Å². The van der Waals surface area contributed by atoms with Gasteiger partial charge in [-0.1, -0.05) is 12.2 Å². The van der Waals surface area contributed by atoms with Crippen molar-refractivity contribution in [2.75, 3.05) is 0 Å². The minimum Gasteiger partial charge on any atom is -0.516 e. The summed E-state index contributed by atoms with van der Waals surface area (Å²) >= 11 is 0. The number of rotatable bonds is 3. The summed E-state index contributed by atoms with van der Waals surface area (Å²) in [6.07, 6.45) is 8.49. The largest absolute Gasteiger partial charge is 0.516 e. The monoisotopic (exact) mass is 186 g/mol. The van der Waals surface area contributed by atoms with E-state index in [1.807, 2.05) is 26.0 Å². The molecule has 0 aromatic rings. The number of hydrogen-bond acceptors (Lipinski definition) is 3. The number of allylic oxidation sites excluding steroid dienone is 2. The molecule has 1 atom stereocenters. The summed E-state index contributed by atoms with van der Waals surface area (Å²) in [5.41, 5.74) is 0. The van der Waals surface area contributed by atoms with E-state index in [-0.39, 0.29) is 0 Å². The third-order valence-corrected chi connectivity index (χ3v) is 0.794. The van der Waals surface area contributed by atoms with E-state index in [4.69, 9.17) is 14.9 Å². The Balaban J connectivity index is 0. The van der Waals surface area contributed by atoms with Crippen LogP contribution in [0.15, 0.2) is 37.0 Å². The molecule has 0 spiro atoms. The van der Waals surface area contributed by atoms with Gasteiger partial charge in [-0.15, -0.1) is 0 Å². The first kappa shape index (κ1) is 14.3. The predicted molar refractivity (Wildman–Crippen MR) is 54.2 cm³/mol. The molecule has 0 bridgehead atoms. The van der Waals surface area contributed by atoms with Crippen LogP contribution in [0.3, 0.4) is 0 Å². The van der Waals surface area contributed by atoms with Crippen LogP contribution in [0.25, 0.3) is 0 Å². The topological polar surface area (TPSA) is 49.7 Å². The van der Waals surface area contributed by atoms with Gasteiger partial charge in [-0.2, -0.15) is 0 Å². The van der Waals surface area contributed by atoms with Crippen molar-refractivity contribution >= 4 is 0 Å². The third kappa shape index (κ3) is 24.9. The highest BCUT2D eigenvalue weighted by Gasteiger charge is 1.79. The Morgan fingerprint density at radius 3 is 1.77 bits per heavy atom. The first-order chi connectivity index (χ1) is 6.18. The van der Waals surface area contributed by atoms with Crippen LogP contribution >= 0.6 is 0 Å². The first-order valence-corrected chi connectivity index (χ1v) is 4.05. The maximum absolute atomic E-state index is 8.31. The Labute approximate surface area is 79.7 Å². The Morgan fingerprint density at radius 2 is 1.62 bits per heavy atom. The van der Waals surface area contributed by atoms with E-state index >= 15 is 0 Å². The van der Waals surface area contributed by atoms with E-state index < -0.39 is 6.10 Å². The summed E-state index contributed by atoms with van der Waals surface area (Å²) in [6, 6.07) is 0. The van der Waals surface area contributed by atoms with Gasteiger partial charge in [0, 0.05) is 0 Å². The number of ether oxygens (including phenoxy) is 1. The normalized spacial score (nSPS) is 13.2. The van der Waals surface area contributed by atoms with Crippen molar-refractivity contribution in [2.45, 2.75) is 26.9 Å². The van der Waals surface area contributed by atoms with Crippen molar-refractivity contribution in [2.24, 2.45) is 0 Å². The molecule has 0 rings (SSSR count). The highest BCUT2D eigenvalue weighted by molar-refractivity contribution is 4.77. The van der Waals surface area contributed by atoms with Crippen molar-refractivity contribution in [3.05, 3.63) is 37.0 Å². The fraction of sp³-hybridized carbons (Fsp3) is 0.400. The molecule has 3 heteroatoms. The lowest BCUT2D eigenvalue weighted by molar-refractivity contribution is 0.240. The summed E-state index contributed by atoms with van der Waals surface area (Å²) in [6.45, 7) is 5.37. The second-order valence-electron chi connectivity index (χ2n) is 2.16. The lowest BCUT2D eigenvalue weighted by Gasteiger charge is -1.86. The van der Waals surface area contributed by atoms with Crippen molar-refractivity contribution < 1.29 is 14.9 Å². The van der Waals surface area contributed by atoms with Crippen LogP contribution in [0.1, 0.15) is 20.8 Å². The van der Waals surface area contributed by atoms with Crippen LogP contribution < -0.4 is 0 Å². The predicted octanol–water partition coefficient (Wildman–Crippen LogP) is 2.51. The molecule has 0 radical (unpaired) electrons. The average Bonchev–Trinajstić information content (AvgIpc) is 2.06. The number of aliphatic hydroxyl groups excluding tert-OH is 2. The average molecular weight is 186 g/mol. The van der Waals surface area contributed by atoms with Gasteiger partial charge in [0.2, 0.25) is 0 Å². The second-order valence-corrected chi connectivity index (χ2v) is 2.16. The van der Waals surface area contributed by atoms with Crippen LogP contribution in [0.2, 0.25) is 0 Å². The summed E-state index contributed by atoms with van der Waals surface area (Å²) < 4.78 is 4.77. The molecule has 1 unspecified atom stereocenters. The van der Waals surface area contributed by atoms with Gasteiger partial charge in [0.15, 0.2) is 0 Å². The first-order valence-electron chi connectivity index (χ1n) is 4.05. The molecule has 13 heavy (non-hydrogen) atoms. The van der Waals surface area contributed by atoms with Crippen LogP contribution in [-0.4, -0.2) is 16.3 Å². The molecule has 0 aromatic heterocycles. The van der Waals surface area contributed by atoms with Gasteiger partial charge < -0.3 is 14.9 Å². The molecule has 0 aliphatic carbocycles. The van der Waals surface area contributed by atoms with Crippen molar-refractivity contribution in [3.63, 3.8) is 0 Å².